The Morgan fingerprint density at radius 3 is 2.46 bits per heavy atom. The topological polar surface area (TPSA) is 76.1 Å². The molecule has 1 aromatic heterocycles. The summed E-state index contributed by atoms with van der Waals surface area (Å²) in [5.41, 5.74) is 2.88. The number of hydrogen-bond acceptors (Lipinski definition) is 6. The van der Waals surface area contributed by atoms with Gasteiger partial charge in [0.1, 0.15) is 5.82 Å². The number of aryl methyl sites for hydroxylation is 1. The quantitative estimate of drug-likeness (QED) is 0.635. The molecule has 6 nitrogen and oxygen atoms in total. The Morgan fingerprint density at radius 1 is 1.00 bits per heavy atom. The summed E-state index contributed by atoms with van der Waals surface area (Å²) >= 11 is 6.01. The van der Waals surface area contributed by atoms with Crippen molar-refractivity contribution in [2.75, 3.05) is 17.7 Å². The standard InChI is InChI=1S/C19H17ClN4O2/c1-12-10-17(22-16-5-3-4-14(20)11-16)24-19(21-12)23-15-8-6-13(7-9-15)18(25)26-2/h3-11H,1-2H3,(H2,21,22,23,24). The van der Waals surface area contributed by atoms with Gasteiger partial charge in [-0.2, -0.15) is 4.98 Å². The number of methoxy groups -OCH3 is 1. The van der Waals surface area contributed by atoms with Crippen molar-refractivity contribution in [1.29, 1.82) is 0 Å². The molecule has 0 saturated heterocycles. The number of halogens is 1. The van der Waals surface area contributed by atoms with Gasteiger partial charge >= 0.3 is 5.97 Å². The third kappa shape index (κ3) is 4.49. The zero-order valence-corrected chi connectivity index (χ0v) is 15.0. The minimum Gasteiger partial charge on any atom is -0.465 e. The maximum atomic E-state index is 11.5. The van der Waals surface area contributed by atoms with Crippen molar-refractivity contribution in [2.45, 2.75) is 6.92 Å². The summed E-state index contributed by atoms with van der Waals surface area (Å²) in [5.74, 6) is 0.713. The van der Waals surface area contributed by atoms with Crippen LogP contribution in [0.3, 0.4) is 0 Å². The van der Waals surface area contributed by atoms with E-state index in [9.17, 15) is 4.79 Å². The highest BCUT2D eigenvalue weighted by Gasteiger charge is 2.07. The average Bonchev–Trinajstić information content (AvgIpc) is 2.61. The van der Waals surface area contributed by atoms with Gasteiger partial charge in [0, 0.05) is 28.2 Å². The van der Waals surface area contributed by atoms with E-state index in [4.69, 9.17) is 11.6 Å². The maximum Gasteiger partial charge on any atom is 0.337 e. The van der Waals surface area contributed by atoms with Crippen LogP contribution in [-0.4, -0.2) is 23.0 Å². The summed E-state index contributed by atoms with van der Waals surface area (Å²) in [5, 5.41) is 6.98. The second-order valence-electron chi connectivity index (χ2n) is 5.55. The number of anilines is 4. The van der Waals surface area contributed by atoms with Gasteiger partial charge in [0.2, 0.25) is 5.95 Å². The van der Waals surface area contributed by atoms with E-state index >= 15 is 0 Å². The molecule has 132 valence electrons. The number of nitrogens with zero attached hydrogens (tertiary/aromatic N) is 2. The van der Waals surface area contributed by atoms with E-state index in [1.165, 1.54) is 7.11 Å². The van der Waals surface area contributed by atoms with Crippen LogP contribution in [0.2, 0.25) is 5.02 Å². The molecule has 0 aliphatic rings. The lowest BCUT2D eigenvalue weighted by Gasteiger charge is -2.10. The lowest BCUT2D eigenvalue weighted by atomic mass is 10.2. The normalized spacial score (nSPS) is 10.3. The van der Waals surface area contributed by atoms with Gasteiger partial charge in [0.25, 0.3) is 0 Å². The van der Waals surface area contributed by atoms with Crippen molar-refractivity contribution in [2.24, 2.45) is 0 Å². The number of rotatable bonds is 5. The van der Waals surface area contributed by atoms with Gasteiger partial charge in [-0.25, -0.2) is 9.78 Å². The Balaban J connectivity index is 1.78. The van der Waals surface area contributed by atoms with E-state index in [1.807, 2.05) is 37.3 Å². The Morgan fingerprint density at radius 2 is 1.77 bits per heavy atom. The average molecular weight is 369 g/mol. The van der Waals surface area contributed by atoms with Crippen LogP contribution in [0.1, 0.15) is 16.1 Å². The Bertz CT molecular complexity index is 929. The van der Waals surface area contributed by atoms with Crippen LogP contribution in [-0.2, 0) is 4.74 Å². The van der Waals surface area contributed by atoms with E-state index < -0.39 is 0 Å². The number of carbonyl (C=O) groups is 1. The predicted octanol–water partition coefficient (Wildman–Crippen LogP) is 4.71. The number of nitrogens with one attached hydrogen (secondary N) is 2. The third-order valence-corrected chi connectivity index (χ3v) is 3.75. The molecule has 0 fully saturated rings. The molecule has 0 amide bonds. The largest absolute Gasteiger partial charge is 0.465 e. The summed E-state index contributed by atoms with van der Waals surface area (Å²) in [6.45, 7) is 1.89. The second kappa shape index (κ2) is 7.84. The van der Waals surface area contributed by atoms with Crippen molar-refractivity contribution in [3.05, 3.63) is 70.9 Å². The van der Waals surface area contributed by atoms with Gasteiger partial charge in [-0.3, -0.25) is 0 Å². The smallest absolute Gasteiger partial charge is 0.337 e. The van der Waals surface area contributed by atoms with Gasteiger partial charge in [-0.1, -0.05) is 17.7 Å². The molecule has 1 heterocycles. The molecule has 0 aliphatic carbocycles. The SMILES string of the molecule is COC(=O)c1ccc(Nc2nc(C)cc(Nc3cccc(Cl)c3)n2)cc1. The van der Waals surface area contributed by atoms with Crippen molar-refractivity contribution in [3.63, 3.8) is 0 Å². The van der Waals surface area contributed by atoms with Gasteiger partial charge in [-0.05, 0) is 49.4 Å². The maximum absolute atomic E-state index is 11.5. The fraction of sp³-hybridized carbons (Fsp3) is 0.105. The van der Waals surface area contributed by atoms with Crippen LogP contribution in [0.15, 0.2) is 54.6 Å². The molecule has 2 aromatic carbocycles. The Hall–Kier alpha value is -3.12. The number of hydrogen-bond donors (Lipinski definition) is 2. The van der Waals surface area contributed by atoms with E-state index in [0.717, 1.165) is 17.1 Å². The molecule has 0 unspecified atom stereocenters. The molecule has 3 rings (SSSR count). The molecule has 0 radical (unpaired) electrons. The first-order valence-corrected chi connectivity index (χ1v) is 8.25. The van der Waals surface area contributed by atoms with Crippen LogP contribution in [0, 0.1) is 6.92 Å². The van der Waals surface area contributed by atoms with E-state index in [0.29, 0.717) is 22.4 Å². The predicted molar refractivity (Wildman–Crippen MR) is 103 cm³/mol. The van der Waals surface area contributed by atoms with E-state index in [1.54, 1.807) is 24.3 Å². The van der Waals surface area contributed by atoms with Gasteiger partial charge in [-0.15, -0.1) is 0 Å². The highest BCUT2D eigenvalue weighted by atomic mass is 35.5. The van der Waals surface area contributed by atoms with E-state index in [2.05, 4.69) is 25.3 Å². The van der Waals surface area contributed by atoms with Crippen LogP contribution in [0.4, 0.5) is 23.1 Å². The zero-order valence-electron chi connectivity index (χ0n) is 14.3. The first-order chi connectivity index (χ1) is 12.5. The van der Waals surface area contributed by atoms with E-state index in [-0.39, 0.29) is 5.97 Å². The number of aromatic nitrogens is 2. The van der Waals surface area contributed by atoms with Crippen molar-refractivity contribution in [1.82, 2.24) is 9.97 Å². The molecule has 3 aromatic rings. The monoisotopic (exact) mass is 368 g/mol. The Kier molecular flexibility index (Phi) is 5.34. The fourth-order valence-electron chi connectivity index (χ4n) is 2.34. The summed E-state index contributed by atoms with van der Waals surface area (Å²) in [7, 11) is 1.35. The molecule has 0 saturated carbocycles. The van der Waals surface area contributed by atoms with Crippen LogP contribution < -0.4 is 10.6 Å². The van der Waals surface area contributed by atoms with Crippen LogP contribution >= 0.6 is 11.6 Å². The first kappa shape index (κ1) is 17.7. The minimum atomic E-state index is -0.378. The first-order valence-electron chi connectivity index (χ1n) is 7.87. The second-order valence-corrected chi connectivity index (χ2v) is 5.98. The van der Waals surface area contributed by atoms with Gasteiger partial charge in [0.05, 0.1) is 12.7 Å². The molecule has 7 heteroatoms. The molecule has 0 aliphatic heterocycles. The zero-order chi connectivity index (χ0) is 18.5. The Labute approximate surface area is 156 Å². The minimum absolute atomic E-state index is 0.378. The summed E-state index contributed by atoms with van der Waals surface area (Å²) in [4.78, 5) is 20.3. The summed E-state index contributed by atoms with van der Waals surface area (Å²) in [6, 6.07) is 16.1. The lowest BCUT2D eigenvalue weighted by Crippen LogP contribution is -2.03. The molecular formula is C19H17ClN4O2. The van der Waals surface area contributed by atoms with Crippen LogP contribution in [0.25, 0.3) is 0 Å². The number of benzene rings is 2. The molecule has 26 heavy (non-hydrogen) atoms. The number of carbonyl (C=O) groups excluding carboxylic acids is 1. The lowest BCUT2D eigenvalue weighted by molar-refractivity contribution is 0.0601. The third-order valence-electron chi connectivity index (χ3n) is 3.51. The fourth-order valence-corrected chi connectivity index (χ4v) is 2.53. The molecule has 0 spiro atoms. The summed E-state index contributed by atoms with van der Waals surface area (Å²) in [6.07, 6.45) is 0. The van der Waals surface area contributed by atoms with Crippen molar-refractivity contribution >= 4 is 40.7 Å². The molecular weight excluding hydrogens is 352 g/mol. The molecule has 2 N–H and O–H groups in total. The highest BCUT2D eigenvalue weighted by Crippen LogP contribution is 2.21. The van der Waals surface area contributed by atoms with Crippen LogP contribution in [0.5, 0.6) is 0 Å². The number of ether oxygens (including phenoxy) is 1. The van der Waals surface area contributed by atoms with Crippen molar-refractivity contribution in [3.8, 4) is 0 Å². The van der Waals surface area contributed by atoms with Crippen molar-refractivity contribution < 1.29 is 9.53 Å². The van der Waals surface area contributed by atoms with Gasteiger partial charge in [0.15, 0.2) is 0 Å². The summed E-state index contributed by atoms with van der Waals surface area (Å²) < 4.78 is 4.69. The molecule has 0 bridgehead atoms. The van der Waals surface area contributed by atoms with Gasteiger partial charge < -0.3 is 15.4 Å². The highest BCUT2D eigenvalue weighted by molar-refractivity contribution is 6.30. The molecule has 0 atom stereocenters. The number of esters is 1.